The summed E-state index contributed by atoms with van der Waals surface area (Å²) >= 11 is 0. The molecule has 1 rings (SSSR count). The van der Waals surface area contributed by atoms with E-state index < -0.39 is 0 Å². The quantitative estimate of drug-likeness (QED) is 0.674. The summed E-state index contributed by atoms with van der Waals surface area (Å²) in [6.45, 7) is 8.79. The Kier molecular flexibility index (Phi) is 6.67. The van der Waals surface area contributed by atoms with E-state index >= 15 is 0 Å². The largest absolute Gasteiger partial charge is 0.395 e. The number of aromatic nitrogens is 2. The van der Waals surface area contributed by atoms with E-state index in [0.29, 0.717) is 12.6 Å². The summed E-state index contributed by atoms with van der Waals surface area (Å²) in [6.07, 6.45) is 1.93. The molecule has 3 N–H and O–H groups in total. The number of carbonyl (C=O) groups is 1. The Balaban J connectivity index is 2.66. The van der Waals surface area contributed by atoms with Crippen LogP contribution in [0.2, 0.25) is 0 Å². The number of aryl methyl sites for hydroxylation is 2. The van der Waals surface area contributed by atoms with Gasteiger partial charge in [-0.15, -0.1) is 0 Å². The van der Waals surface area contributed by atoms with Gasteiger partial charge in [0.05, 0.1) is 30.2 Å². The van der Waals surface area contributed by atoms with E-state index in [2.05, 4.69) is 29.4 Å². The summed E-state index contributed by atoms with van der Waals surface area (Å²) in [5, 5.41) is 18.9. The van der Waals surface area contributed by atoms with Crippen LogP contribution in [0, 0.1) is 13.8 Å². The van der Waals surface area contributed by atoms with E-state index in [0.717, 1.165) is 29.9 Å². The number of H-pyrrole nitrogens is 1. The van der Waals surface area contributed by atoms with Crippen molar-refractivity contribution in [1.82, 2.24) is 15.1 Å². The van der Waals surface area contributed by atoms with Crippen molar-refractivity contribution >= 4 is 11.6 Å². The van der Waals surface area contributed by atoms with Gasteiger partial charge in [0.2, 0.25) is 5.91 Å². The summed E-state index contributed by atoms with van der Waals surface area (Å²) in [6, 6.07) is 0.319. The molecule has 0 aliphatic rings. The molecule has 0 aromatic carbocycles. The molecule has 1 aromatic rings. The SMILES string of the molecule is CCC(CC)N(CCO)CC(=O)Nc1c(C)n[nH]c1C. The lowest BCUT2D eigenvalue weighted by Gasteiger charge is -2.29. The number of nitrogens with one attached hydrogen (secondary N) is 2. The van der Waals surface area contributed by atoms with E-state index in [1.807, 2.05) is 18.7 Å². The smallest absolute Gasteiger partial charge is 0.238 e. The molecule has 0 bridgehead atoms. The van der Waals surface area contributed by atoms with Crippen molar-refractivity contribution in [1.29, 1.82) is 0 Å². The van der Waals surface area contributed by atoms with Crippen LogP contribution in [0.4, 0.5) is 5.69 Å². The summed E-state index contributed by atoms with van der Waals surface area (Å²) in [4.78, 5) is 14.2. The highest BCUT2D eigenvalue weighted by atomic mass is 16.3. The molecule has 1 aromatic heterocycles. The summed E-state index contributed by atoms with van der Waals surface area (Å²) < 4.78 is 0. The molecule has 0 aliphatic carbocycles. The van der Waals surface area contributed by atoms with E-state index in [-0.39, 0.29) is 19.1 Å². The Bertz CT molecular complexity index is 407. The molecule has 0 spiro atoms. The topological polar surface area (TPSA) is 81.2 Å². The minimum atomic E-state index is -0.0713. The van der Waals surface area contributed by atoms with Crippen molar-refractivity contribution in [3.05, 3.63) is 11.4 Å². The molecular weight excluding hydrogens is 256 g/mol. The van der Waals surface area contributed by atoms with Gasteiger partial charge in [-0.25, -0.2) is 0 Å². The van der Waals surface area contributed by atoms with Crippen LogP contribution in [0.5, 0.6) is 0 Å². The monoisotopic (exact) mass is 282 g/mol. The number of aliphatic hydroxyl groups excluding tert-OH is 1. The van der Waals surface area contributed by atoms with Gasteiger partial charge in [-0.2, -0.15) is 5.10 Å². The predicted octanol–water partition coefficient (Wildman–Crippen LogP) is 1.45. The van der Waals surface area contributed by atoms with Crippen molar-refractivity contribution in [3.63, 3.8) is 0 Å². The van der Waals surface area contributed by atoms with Crippen molar-refractivity contribution in [2.24, 2.45) is 0 Å². The standard InChI is InChI=1S/C14H26N4O2/c1-5-12(6-2)18(7-8-19)9-13(20)15-14-10(3)16-17-11(14)4/h12,19H,5-9H2,1-4H3,(H,15,20)(H,16,17). The second-order valence-electron chi connectivity index (χ2n) is 5.02. The molecule has 0 atom stereocenters. The third-order valence-electron chi connectivity index (χ3n) is 3.59. The first-order chi connectivity index (χ1) is 9.53. The molecule has 0 saturated heterocycles. The van der Waals surface area contributed by atoms with Gasteiger partial charge in [0.15, 0.2) is 0 Å². The maximum Gasteiger partial charge on any atom is 0.238 e. The fourth-order valence-corrected chi connectivity index (χ4v) is 2.42. The molecule has 6 heteroatoms. The number of rotatable bonds is 8. The van der Waals surface area contributed by atoms with E-state index in [1.54, 1.807) is 0 Å². The highest BCUT2D eigenvalue weighted by molar-refractivity contribution is 5.93. The number of aromatic amines is 1. The summed E-state index contributed by atoms with van der Waals surface area (Å²) in [5.74, 6) is -0.0713. The number of carbonyl (C=O) groups excluding carboxylic acids is 1. The number of hydrogen-bond donors (Lipinski definition) is 3. The Labute approximate surface area is 120 Å². The molecule has 0 aliphatic heterocycles. The van der Waals surface area contributed by atoms with Crippen LogP contribution in [0.25, 0.3) is 0 Å². The minimum Gasteiger partial charge on any atom is -0.395 e. The lowest BCUT2D eigenvalue weighted by Crippen LogP contribution is -2.42. The van der Waals surface area contributed by atoms with Crippen LogP contribution in [-0.4, -0.2) is 51.8 Å². The van der Waals surface area contributed by atoms with Gasteiger partial charge in [-0.1, -0.05) is 13.8 Å². The average Bonchev–Trinajstić information content (AvgIpc) is 2.72. The van der Waals surface area contributed by atoms with Crippen molar-refractivity contribution in [2.75, 3.05) is 25.0 Å². The molecule has 1 amide bonds. The molecule has 114 valence electrons. The molecule has 1 heterocycles. The Morgan fingerprint density at radius 3 is 2.50 bits per heavy atom. The van der Waals surface area contributed by atoms with Crippen molar-refractivity contribution in [2.45, 2.75) is 46.6 Å². The first kappa shape index (κ1) is 16.7. The van der Waals surface area contributed by atoms with Crippen LogP contribution in [-0.2, 0) is 4.79 Å². The van der Waals surface area contributed by atoms with Gasteiger partial charge in [-0.05, 0) is 26.7 Å². The van der Waals surface area contributed by atoms with E-state index in [4.69, 9.17) is 5.11 Å². The lowest BCUT2D eigenvalue weighted by atomic mass is 10.1. The second-order valence-corrected chi connectivity index (χ2v) is 5.02. The van der Waals surface area contributed by atoms with E-state index in [9.17, 15) is 4.79 Å². The molecular formula is C14H26N4O2. The van der Waals surface area contributed by atoms with Crippen molar-refractivity contribution in [3.8, 4) is 0 Å². The zero-order valence-electron chi connectivity index (χ0n) is 12.9. The zero-order chi connectivity index (χ0) is 15.1. The number of hydrogen-bond acceptors (Lipinski definition) is 4. The van der Waals surface area contributed by atoms with Gasteiger partial charge in [-0.3, -0.25) is 14.8 Å². The Morgan fingerprint density at radius 1 is 1.40 bits per heavy atom. The fraction of sp³-hybridized carbons (Fsp3) is 0.714. The minimum absolute atomic E-state index is 0.0630. The first-order valence-corrected chi connectivity index (χ1v) is 7.19. The van der Waals surface area contributed by atoms with Gasteiger partial charge in [0.25, 0.3) is 0 Å². The third kappa shape index (κ3) is 4.31. The molecule has 6 nitrogen and oxygen atoms in total. The number of amides is 1. The predicted molar refractivity (Wildman–Crippen MR) is 79.7 cm³/mol. The van der Waals surface area contributed by atoms with Crippen LogP contribution in [0.15, 0.2) is 0 Å². The number of anilines is 1. The van der Waals surface area contributed by atoms with Crippen LogP contribution in [0.1, 0.15) is 38.1 Å². The van der Waals surface area contributed by atoms with Gasteiger partial charge >= 0.3 is 0 Å². The van der Waals surface area contributed by atoms with Crippen LogP contribution >= 0.6 is 0 Å². The molecule has 0 radical (unpaired) electrons. The molecule has 0 saturated carbocycles. The van der Waals surface area contributed by atoms with E-state index in [1.165, 1.54) is 0 Å². The lowest BCUT2D eigenvalue weighted by molar-refractivity contribution is -0.118. The second kappa shape index (κ2) is 8.01. The maximum atomic E-state index is 12.2. The Hall–Kier alpha value is -1.40. The fourth-order valence-electron chi connectivity index (χ4n) is 2.42. The van der Waals surface area contributed by atoms with Gasteiger partial charge in [0, 0.05) is 12.6 Å². The molecule has 0 unspecified atom stereocenters. The highest BCUT2D eigenvalue weighted by Gasteiger charge is 2.19. The third-order valence-corrected chi connectivity index (χ3v) is 3.59. The van der Waals surface area contributed by atoms with Crippen molar-refractivity contribution < 1.29 is 9.90 Å². The average molecular weight is 282 g/mol. The number of aliphatic hydroxyl groups is 1. The maximum absolute atomic E-state index is 12.2. The normalized spacial score (nSPS) is 11.3. The Morgan fingerprint density at radius 2 is 2.05 bits per heavy atom. The zero-order valence-corrected chi connectivity index (χ0v) is 12.9. The molecule has 0 fully saturated rings. The highest BCUT2D eigenvalue weighted by Crippen LogP contribution is 2.16. The van der Waals surface area contributed by atoms with Gasteiger partial charge in [0.1, 0.15) is 0 Å². The summed E-state index contributed by atoms with van der Waals surface area (Å²) in [5.41, 5.74) is 2.39. The first-order valence-electron chi connectivity index (χ1n) is 7.19. The molecule has 20 heavy (non-hydrogen) atoms. The summed E-state index contributed by atoms with van der Waals surface area (Å²) in [7, 11) is 0. The van der Waals surface area contributed by atoms with Crippen LogP contribution in [0.3, 0.4) is 0 Å². The van der Waals surface area contributed by atoms with Crippen LogP contribution < -0.4 is 5.32 Å². The number of nitrogens with zero attached hydrogens (tertiary/aromatic N) is 2. The van der Waals surface area contributed by atoms with Gasteiger partial charge < -0.3 is 10.4 Å².